The molecule has 0 unspecified atom stereocenters. The molecule has 1 aromatic carbocycles. The van der Waals surface area contributed by atoms with Gasteiger partial charge in [-0.2, -0.15) is 5.26 Å². The smallest absolute Gasteiger partial charge is 0.174 e. The molecule has 2 rings (SSSR count). The van der Waals surface area contributed by atoms with E-state index in [-0.39, 0.29) is 6.61 Å². The number of fused-ring (bicyclic) bond motifs is 1. The highest BCUT2D eigenvalue weighted by atomic mass is 35.5. The van der Waals surface area contributed by atoms with Crippen molar-refractivity contribution < 1.29 is 4.74 Å². The third-order valence-corrected chi connectivity index (χ3v) is 2.97. The maximum absolute atomic E-state index is 8.59. The Kier molecular flexibility index (Phi) is 4.01. The molecule has 0 amide bonds. The second-order valence-corrected chi connectivity index (χ2v) is 4.35. The maximum atomic E-state index is 8.59. The van der Waals surface area contributed by atoms with Crippen molar-refractivity contribution in [2.24, 2.45) is 0 Å². The van der Waals surface area contributed by atoms with Gasteiger partial charge >= 0.3 is 0 Å². The van der Waals surface area contributed by atoms with Gasteiger partial charge in [0.25, 0.3) is 0 Å². The number of benzene rings is 1. The molecule has 0 radical (unpaired) electrons. The lowest BCUT2D eigenvalue weighted by molar-refractivity contribution is 0.372. The zero-order valence-electron chi connectivity index (χ0n) is 10.1. The van der Waals surface area contributed by atoms with Crippen molar-refractivity contribution >= 4 is 22.5 Å². The normalized spacial score (nSPS) is 10.3. The van der Waals surface area contributed by atoms with Crippen LogP contribution in [-0.2, 0) is 6.42 Å². The second kappa shape index (κ2) is 5.70. The van der Waals surface area contributed by atoms with Crippen LogP contribution in [0.4, 0.5) is 0 Å². The average Bonchev–Trinajstić information content (AvgIpc) is 2.39. The van der Waals surface area contributed by atoms with Crippen LogP contribution in [0.15, 0.2) is 24.4 Å². The molecule has 2 aromatic rings. The minimum Gasteiger partial charge on any atom is -0.475 e. The molecular formula is C14H13ClN2O. The molecule has 0 aliphatic rings. The van der Waals surface area contributed by atoms with E-state index in [1.807, 2.05) is 24.3 Å². The summed E-state index contributed by atoms with van der Waals surface area (Å²) in [5.41, 5.74) is 1.89. The van der Waals surface area contributed by atoms with E-state index in [0.29, 0.717) is 10.8 Å². The Bertz CT molecular complexity index is 605. The number of nitrogens with zero attached hydrogens (tertiary/aromatic N) is 2. The fraction of sp³-hybridized carbons (Fsp3) is 0.286. The molecule has 1 aromatic heterocycles. The largest absolute Gasteiger partial charge is 0.475 e. The molecule has 0 saturated heterocycles. The molecule has 0 bridgehead atoms. The second-order valence-electron chi connectivity index (χ2n) is 3.94. The van der Waals surface area contributed by atoms with Crippen molar-refractivity contribution in [3.8, 4) is 11.8 Å². The average molecular weight is 261 g/mol. The summed E-state index contributed by atoms with van der Waals surface area (Å²) in [6.07, 6.45) is 3.69. The summed E-state index contributed by atoms with van der Waals surface area (Å²) in [4.78, 5) is 4.32. The Hall–Kier alpha value is -1.79. The summed E-state index contributed by atoms with van der Waals surface area (Å²) in [5.74, 6) is 0.494. The number of aryl methyl sites for hydroxylation is 1. The standard InChI is InChI=1S/C14H13ClN2O/c1-2-4-10-9-12(15)14(18-8-6-16)13-11(10)5-3-7-17-13/h3,5,7,9H,2,4,8H2,1H3. The van der Waals surface area contributed by atoms with E-state index in [1.165, 1.54) is 0 Å². The number of hydrogen-bond donors (Lipinski definition) is 0. The number of pyridine rings is 1. The van der Waals surface area contributed by atoms with E-state index in [1.54, 1.807) is 6.20 Å². The van der Waals surface area contributed by atoms with Gasteiger partial charge in [-0.25, -0.2) is 0 Å². The molecule has 0 fully saturated rings. The zero-order chi connectivity index (χ0) is 13.0. The number of ether oxygens (including phenoxy) is 1. The number of aromatic nitrogens is 1. The Morgan fingerprint density at radius 2 is 2.33 bits per heavy atom. The number of nitriles is 1. The van der Waals surface area contributed by atoms with Gasteiger partial charge in [0.2, 0.25) is 0 Å². The monoisotopic (exact) mass is 260 g/mol. The fourth-order valence-electron chi connectivity index (χ4n) is 1.97. The number of rotatable bonds is 4. The molecule has 0 saturated carbocycles. The zero-order valence-corrected chi connectivity index (χ0v) is 10.9. The Balaban J connectivity index is 2.62. The van der Waals surface area contributed by atoms with Crippen LogP contribution in [0.2, 0.25) is 5.02 Å². The van der Waals surface area contributed by atoms with Gasteiger partial charge in [0.15, 0.2) is 12.4 Å². The van der Waals surface area contributed by atoms with Crippen LogP contribution in [0.5, 0.6) is 5.75 Å². The van der Waals surface area contributed by atoms with Gasteiger partial charge in [0.1, 0.15) is 11.6 Å². The summed E-state index contributed by atoms with van der Waals surface area (Å²) < 4.78 is 5.38. The first-order chi connectivity index (χ1) is 8.77. The fourth-order valence-corrected chi connectivity index (χ4v) is 2.25. The molecule has 1 heterocycles. The van der Waals surface area contributed by atoms with Crippen LogP contribution in [0, 0.1) is 11.3 Å². The quantitative estimate of drug-likeness (QED) is 0.841. The predicted molar refractivity (Wildman–Crippen MR) is 71.9 cm³/mol. The Morgan fingerprint density at radius 3 is 3.06 bits per heavy atom. The SMILES string of the molecule is CCCc1cc(Cl)c(OCC#N)c2ncccc12. The maximum Gasteiger partial charge on any atom is 0.174 e. The van der Waals surface area contributed by atoms with E-state index in [4.69, 9.17) is 21.6 Å². The van der Waals surface area contributed by atoms with E-state index in [2.05, 4.69) is 11.9 Å². The van der Waals surface area contributed by atoms with Gasteiger partial charge in [-0.15, -0.1) is 0 Å². The van der Waals surface area contributed by atoms with Gasteiger partial charge in [0, 0.05) is 11.6 Å². The lowest BCUT2D eigenvalue weighted by atomic mass is 10.0. The van der Waals surface area contributed by atoms with Crippen LogP contribution in [0.3, 0.4) is 0 Å². The molecule has 92 valence electrons. The topological polar surface area (TPSA) is 45.9 Å². The van der Waals surface area contributed by atoms with Crippen molar-refractivity contribution in [2.45, 2.75) is 19.8 Å². The Morgan fingerprint density at radius 1 is 1.50 bits per heavy atom. The molecule has 0 atom stereocenters. The summed E-state index contributed by atoms with van der Waals surface area (Å²) in [6.45, 7) is 2.09. The summed E-state index contributed by atoms with van der Waals surface area (Å²) in [7, 11) is 0. The lowest BCUT2D eigenvalue weighted by Gasteiger charge is -2.11. The molecule has 4 heteroatoms. The molecule has 0 aliphatic carbocycles. The van der Waals surface area contributed by atoms with Gasteiger partial charge in [-0.1, -0.05) is 31.0 Å². The predicted octanol–water partition coefficient (Wildman–Crippen LogP) is 3.74. The van der Waals surface area contributed by atoms with Crippen LogP contribution in [0.1, 0.15) is 18.9 Å². The molecule has 0 N–H and O–H groups in total. The molecular weight excluding hydrogens is 248 g/mol. The molecule has 0 aliphatic heterocycles. The third kappa shape index (κ3) is 2.39. The van der Waals surface area contributed by atoms with Crippen molar-refractivity contribution in [1.82, 2.24) is 4.98 Å². The van der Waals surface area contributed by atoms with E-state index >= 15 is 0 Å². The van der Waals surface area contributed by atoms with Gasteiger partial charge in [-0.05, 0) is 24.1 Å². The number of halogens is 1. The summed E-state index contributed by atoms with van der Waals surface area (Å²) in [6, 6.07) is 7.74. The molecule has 0 spiro atoms. The van der Waals surface area contributed by atoms with Crippen LogP contribution < -0.4 is 4.74 Å². The van der Waals surface area contributed by atoms with Gasteiger partial charge < -0.3 is 4.74 Å². The minimum absolute atomic E-state index is 0.0292. The first-order valence-corrected chi connectivity index (χ1v) is 6.21. The highest BCUT2D eigenvalue weighted by molar-refractivity contribution is 6.33. The van der Waals surface area contributed by atoms with Crippen LogP contribution in [0.25, 0.3) is 10.9 Å². The summed E-state index contributed by atoms with van der Waals surface area (Å²) >= 11 is 6.21. The molecule has 18 heavy (non-hydrogen) atoms. The first-order valence-electron chi connectivity index (χ1n) is 5.83. The van der Waals surface area contributed by atoms with Crippen LogP contribution in [-0.4, -0.2) is 11.6 Å². The lowest BCUT2D eigenvalue weighted by Crippen LogP contribution is -1.98. The Labute approximate surface area is 111 Å². The highest BCUT2D eigenvalue weighted by Gasteiger charge is 2.12. The van der Waals surface area contributed by atoms with Gasteiger partial charge in [-0.3, -0.25) is 4.98 Å². The van der Waals surface area contributed by atoms with Crippen LogP contribution >= 0.6 is 11.6 Å². The highest BCUT2D eigenvalue weighted by Crippen LogP contribution is 2.35. The van der Waals surface area contributed by atoms with Crippen molar-refractivity contribution in [1.29, 1.82) is 5.26 Å². The van der Waals surface area contributed by atoms with Crippen molar-refractivity contribution in [3.63, 3.8) is 0 Å². The van der Waals surface area contributed by atoms with Crippen molar-refractivity contribution in [2.75, 3.05) is 6.61 Å². The first kappa shape index (κ1) is 12.7. The van der Waals surface area contributed by atoms with E-state index < -0.39 is 0 Å². The number of hydrogen-bond acceptors (Lipinski definition) is 3. The third-order valence-electron chi connectivity index (χ3n) is 2.69. The van der Waals surface area contributed by atoms with E-state index in [9.17, 15) is 0 Å². The van der Waals surface area contributed by atoms with Crippen molar-refractivity contribution in [3.05, 3.63) is 35.0 Å². The van der Waals surface area contributed by atoms with Gasteiger partial charge in [0.05, 0.1) is 5.02 Å². The summed E-state index contributed by atoms with van der Waals surface area (Å²) in [5, 5.41) is 10.1. The van der Waals surface area contributed by atoms with E-state index in [0.717, 1.165) is 29.3 Å². The minimum atomic E-state index is -0.0292. The molecule has 3 nitrogen and oxygen atoms in total.